The van der Waals surface area contributed by atoms with Crippen molar-refractivity contribution in [1.82, 2.24) is 14.5 Å². The first-order valence-corrected chi connectivity index (χ1v) is 14.5. The van der Waals surface area contributed by atoms with Gasteiger partial charge in [0.1, 0.15) is 26.7 Å². The van der Waals surface area contributed by atoms with E-state index in [9.17, 15) is 23.1 Å². The molecule has 2 aliphatic rings. The van der Waals surface area contributed by atoms with E-state index in [1.54, 1.807) is 17.0 Å². The Morgan fingerprint density at radius 1 is 1.19 bits per heavy atom. The molecule has 37 heavy (non-hydrogen) atoms. The fourth-order valence-electron chi connectivity index (χ4n) is 5.34. The Morgan fingerprint density at radius 3 is 2.57 bits per heavy atom. The molecular weight excluding hydrogens is 516 g/mol. The van der Waals surface area contributed by atoms with E-state index in [0.29, 0.717) is 29.3 Å². The van der Waals surface area contributed by atoms with Gasteiger partial charge in [-0.1, -0.05) is 29.8 Å². The lowest BCUT2D eigenvalue weighted by Crippen LogP contribution is -2.67. The summed E-state index contributed by atoms with van der Waals surface area (Å²) in [5.74, 6) is 0.127. The summed E-state index contributed by atoms with van der Waals surface area (Å²) in [6.07, 6.45) is 1.62. The summed E-state index contributed by atoms with van der Waals surface area (Å²) < 4.78 is 25.4. The number of benzene rings is 2. The fraction of sp³-hybridized carbons (Fsp3) is 0.423. The molecule has 2 aliphatic heterocycles. The van der Waals surface area contributed by atoms with Crippen molar-refractivity contribution in [2.45, 2.75) is 44.4 Å². The van der Waals surface area contributed by atoms with Crippen LogP contribution in [0.3, 0.4) is 0 Å². The maximum Gasteiger partial charge on any atom is 0.254 e. The second-order valence-electron chi connectivity index (χ2n) is 10.5. The Kier molecular flexibility index (Phi) is 6.12. The number of carbonyl (C=O) groups is 2. The summed E-state index contributed by atoms with van der Waals surface area (Å²) in [6.45, 7) is 3.88. The molecule has 0 bridgehead atoms. The quantitative estimate of drug-likeness (QED) is 0.489. The molecule has 0 atom stereocenters. The van der Waals surface area contributed by atoms with Crippen LogP contribution >= 0.6 is 11.6 Å². The van der Waals surface area contributed by atoms with Crippen molar-refractivity contribution in [1.29, 1.82) is 0 Å². The van der Waals surface area contributed by atoms with Gasteiger partial charge in [0, 0.05) is 36.6 Å². The van der Waals surface area contributed by atoms with Crippen LogP contribution < -0.4 is 4.90 Å². The maximum atomic E-state index is 13.9. The summed E-state index contributed by atoms with van der Waals surface area (Å²) in [4.78, 5) is 34.5. The van der Waals surface area contributed by atoms with Crippen LogP contribution in [0.1, 0.15) is 31.7 Å². The van der Waals surface area contributed by atoms with Crippen molar-refractivity contribution < 1.29 is 23.1 Å². The lowest BCUT2D eigenvalue weighted by atomic mass is 9.74. The molecule has 1 fully saturated rings. The molecule has 11 heteroatoms. The Balaban J connectivity index is 1.48. The molecular formula is C26H29ClN4O5S. The number of sulfone groups is 1. The van der Waals surface area contributed by atoms with Gasteiger partial charge in [0.2, 0.25) is 5.91 Å². The third kappa shape index (κ3) is 4.51. The number of para-hydroxylation sites is 1. The number of carbonyl (C=O) groups excluding carboxylic acids is 2. The van der Waals surface area contributed by atoms with E-state index in [4.69, 9.17) is 16.6 Å². The summed E-state index contributed by atoms with van der Waals surface area (Å²) in [5.41, 5.74) is 0.711. The van der Waals surface area contributed by atoms with Gasteiger partial charge in [0.15, 0.2) is 0 Å². The topological polar surface area (TPSA) is 113 Å². The van der Waals surface area contributed by atoms with Gasteiger partial charge in [-0.3, -0.25) is 9.59 Å². The van der Waals surface area contributed by atoms with E-state index in [2.05, 4.69) is 0 Å². The summed E-state index contributed by atoms with van der Waals surface area (Å²) in [5, 5.41) is 10.7. The Hall–Kier alpha value is -2.95. The standard InChI is InChI=1S/C26H29ClN4O5S/c1-25(2,34)23(32)29-15-26(16-29)18-7-4-5-8-20(18)31(24(26)33)14-22-28-19-13-17(27)9-10-21(19)30(22)11-6-12-37(3,35)36/h4-5,7-10,13,34H,6,11-12,14-16H2,1-3H3. The van der Waals surface area contributed by atoms with E-state index in [0.717, 1.165) is 16.8 Å². The third-order valence-corrected chi connectivity index (χ3v) is 8.35. The summed E-state index contributed by atoms with van der Waals surface area (Å²) in [6, 6.07) is 12.9. The van der Waals surface area contributed by atoms with Crippen molar-refractivity contribution >= 4 is 50.0 Å². The molecule has 9 nitrogen and oxygen atoms in total. The van der Waals surface area contributed by atoms with Crippen LogP contribution in [0.5, 0.6) is 0 Å². The summed E-state index contributed by atoms with van der Waals surface area (Å²) >= 11 is 6.20. The number of nitrogens with zero attached hydrogens (tertiary/aromatic N) is 4. The molecule has 2 amide bonds. The molecule has 0 saturated carbocycles. The van der Waals surface area contributed by atoms with Crippen LogP contribution in [0, 0.1) is 0 Å². The number of rotatable bonds is 7. The van der Waals surface area contributed by atoms with E-state index in [-0.39, 0.29) is 31.3 Å². The first-order chi connectivity index (χ1) is 17.3. The van der Waals surface area contributed by atoms with E-state index in [1.807, 2.05) is 34.9 Å². The normalized spacial score (nSPS) is 16.9. The molecule has 1 spiro atoms. The second-order valence-corrected chi connectivity index (χ2v) is 13.2. The lowest BCUT2D eigenvalue weighted by molar-refractivity contribution is -0.158. The average Bonchev–Trinajstić information content (AvgIpc) is 3.23. The SMILES string of the molecule is CC(C)(O)C(=O)N1CC2(C1)C(=O)N(Cc1nc3cc(Cl)ccc3n1CCCS(C)(=O)=O)c1ccccc12. The molecule has 0 unspecified atom stereocenters. The molecule has 3 aromatic rings. The van der Waals surface area contributed by atoms with Gasteiger partial charge in [-0.2, -0.15) is 0 Å². The Labute approximate surface area is 220 Å². The van der Waals surface area contributed by atoms with Crippen LogP contribution in [-0.4, -0.2) is 70.5 Å². The molecule has 1 aromatic heterocycles. The number of aryl methyl sites for hydroxylation is 1. The zero-order valence-corrected chi connectivity index (χ0v) is 22.5. The van der Waals surface area contributed by atoms with E-state index < -0.39 is 26.8 Å². The van der Waals surface area contributed by atoms with E-state index in [1.165, 1.54) is 25.0 Å². The van der Waals surface area contributed by atoms with Gasteiger partial charge in [-0.05, 0) is 50.1 Å². The number of anilines is 1. The van der Waals surface area contributed by atoms with Crippen molar-refractivity contribution in [2.24, 2.45) is 0 Å². The zero-order chi connectivity index (χ0) is 26.8. The van der Waals surface area contributed by atoms with Gasteiger partial charge in [0.25, 0.3) is 5.91 Å². The van der Waals surface area contributed by atoms with Crippen molar-refractivity contribution in [3.05, 3.63) is 58.9 Å². The number of fused-ring (bicyclic) bond motifs is 3. The molecule has 196 valence electrons. The molecule has 0 aliphatic carbocycles. The highest BCUT2D eigenvalue weighted by Gasteiger charge is 2.60. The number of aromatic nitrogens is 2. The van der Waals surface area contributed by atoms with Gasteiger partial charge in [-0.25, -0.2) is 13.4 Å². The number of aliphatic hydroxyl groups is 1. The predicted molar refractivity (Wildman–Crippen MR) is 141 cm³/mol. The maximum absolute atomic E-state index is 13.9. The fourth-order valence-corrected chi connectivity index (χ4v) is 6.16. The molecule has 1 saturated heterocycles. The average molecular weight is 545 g/mol. The Morgan fingerprint density at radius 2 is 1.89 bits per heavy atom. The van der Waals surface area contributed by atoms with Gasteiger partial charge < -0.3 is 19.5 Å². The minimum Gasteiger partial charge on any atom is -0.381 e. The molecule has 0 radical (unpaired) electrons. The minimum absolute atomic E-state index is 0.0410. The number of halogens is 1. The zero-order valence-electron chi connectivity index (χ0n) is 20.9. The monoisotopic (exact) mass is 544 g/mol. The smallest absolute Gasteiger partial charge is 0.254 e. The van der Waals surface area contributed by atoms with Gasteiger partial charge in [0.05, 0.1) is 23.3 Å². The van der Waals surface area contributed by atoms with Crippen LogP contribution in [-0.2, 0) is 37.9 Å². The number of likely N-dealkylation sites (tertiary alicyclic amines) is 1. The second kappa shape index (κ2) is 8.82. The highest BCUT2D eigenvalue weighted by Crippen LogP contribution is 2.48. The van der Waals surface area contributed by atoms with Crippen molar-refractivity contribution in [3.8, 4) is 0 Å². The lowest BCUT2D eigenvalue weighted by Gasteiger charge is -2.48. The number of hydrogen-bond acceptors (Lipinski definition) is 6. The third-order valence-electron chi connectivity index (χ3n) is 7.08. The van der Waals surface area contributed by atoms with Gasteiger partial charge in [-0.15, -0.1) is 0 Å². The van der Waals surface area contributed by atoms with Crippen molar-refractivity contribution in [2.75, 3.05) is 30.0 Å². The van der Waals surface area contributed by atoms with Crippen LogP contribution in [0.25, 0.3) is 11.0 Å². The van der Waals surface area contributed by atoms with E-state index >= 15 is 0 Å². The predicted octanol–water partition coefficient (Wildman–Crippen LogP) is 2.52. The van der Waals surface area contributed by atoms with Crippen LogP contribution in [0.15, 0.2) is 42.5 Å². The largest absolute Gasteiger partial charge is 0.381 e. The molecule has 1 N–H and O–H groups in total. The number of imidazole rings is 1. The van der Waals surface area contributed by atoms with Crippen molar-refractivity contribution in [3.63, 3.8) is 0 Å². The molecule has 3 heterocycles. The highest BCUT2D eigenvalue weighted by molar-refractivity contribution is 7.90. The first-order valence-electron chi connectivity index (χ1n) is 12.1. The van der Waals surface area contributed by atoms with Crippen LogP contribution in [0.2, 0.25) is 5.02 Å². The number of hydrogen-bond donors (Lipinski definition) is 1. The van der Waals surface area contributed by atoms with Gasteiger partial charge >= 0.3 is 0 Å². The molecule has 5 rings (SSSR count). The molecule has 2 aromatic carbocycles. The minimum atomic E-state index is -3.12. The van der Waals surface area contributed by atoms with Crippen LogP contribution in [0.4, 0.5) is 5.69 Å². The number of amides is 2. The first kappa shape index (κ1) is 25.7. The highest BCUT2D eigenvalue weighted by atomic mass is 35.5. The Bertz CT molecular complexity index is 1520. The summed E-state index contributed by atoms with van der Waals surface area (Å²) in [7, 11) is -3.12.